The third kappa shape index (κ3) is 5.68. The molecular formula is C23H28F2N4O4. The van der Waals surface area contributed by atoms with E-state index in [0.717, 1.165) is 5.56 Å². The molecule has 1 aromatic heterocycles. The molecule has 3 rings (SSSR count). The average Bonchev–Trinajstić information content (AvgIpc) is 2.71. The second kappa shape index (κ2) is 10.5. The normalized spacial score (nSPS) is 13.6. The smallest absolute Gasteiger partial charge is 0.409 e. The van der Waals surface area contributed by atoms with E-state index in [1.54, 1.807) is 24.8 Å². The Labute approximate surface area is 191 Å². The van der Waals surface area contributed by atoms with E-state index < -0.39 is 18.7 Å². The highest BCUT2D eigenvalue weighted by Crippen LogP contribution is 2.33. The summed E-state index contributed by atoms with van der Waals surface area (Å²) in [6.45, 7) is 5.12. The molecule has 1 aliphatic heterocycles. The number of carbonyl (C=O) groups excluding carboxylic acids is 2. The maximum atomic E-state index is 13.5. The zero-order valence-electron chi connectivity index (χ0n) is 19.0. The highest BCUT2D eigenvalue weighted by molar-refractivity contribution is 6.03. The van der Waals surface area contributed by atoms with Crippen molar-refractivity contribution in [2.75, 3.05) is 29.9 Å². The number of benzene rings is 1. The van der Waals surface area contributed by atoms with E-state index in [2.05, 4.69) is 15.0 Å². The summed E-state index contributed by atoms with van der Waals surface area (Å²) in [5, 5.41) is 2.66. The number of alkyl halides is 2. The van der Waals surface area contributed by atoms with Gasteiger partial charge in [0.05, 0.1) is 12.6 Å². The second-order valence-electron chi connectivity index (χ2n) is 7.96. The number of carbonyl (C=O) groups is 2. The number of anilines is 2. The number of hydrogen-bond acceptors (Lipinski definition) is 5. The van der Waals surface area contributed by atoms with E-state index in [1.807, 2.05) is 38.1 Å². The van der Waals surface area contributed by atoms with Crippen molar-refractivity contribution in [3.8, 4) is 5.88 Å². The molecule has 10 heteroatoms. The van der Waals surface area contributed by atoms with Crippen LogP contribution in [-0.2, 0) is 4.74 Å². The number of nitrogens with one attached hydrogen (secondary N) is 1. The minimum atomic E-state index is -3.09. The molecule has 0 spiro atoms. The summed E-state index contributed by atoms with van der Waals surface area (Å²) in [4.78, 5) is 32.5. The van der Waals surface area contributed by atoms with Crippen molar-refractivity contribution in [2.45, 2.75) is 46.3 Å². The van der Waals surface area contributed by atoms with E-state index in [9.17, 15) is 18.4 Å². The molecule has 1 aromatic carbocycles. The van der Waals surface area contributed by atoms with Gasteiger partial charge in [-0.2, -0.15) is 8.78 Å². The van der Waals surface area contributed by atoms with E-state index >= 15 is 0 Å². The summed E-state index contributed by atoms with van der Waals surface area (Å²) in [5.41, 5.74) is 2.11. The van der Waals surface area contributed by atoms with Crippen LogP contribution in [0.25, 0.3) is 0 Å². The fourth-order valence-corrected chi connectivity index (χ4v) is 3.63. The molecule has 0 atom stereocenters. The number of likely N-dealkylation sites (tertiary alicyclic amines) is 1. The molecule has 1 fully saturated rings. The Hall–Kier alpha value is -3.43. The summed E-state index contributed by atoms with van der Waals surface area (Å²) in [6.07, 6.45) is -0.443. The Morgan fingerprint density at radius 3 is 2.55 bits per heavy atom. The van der Waals surface area contributed by atoms with Crippen LogP contribution in [-0.4, -0.2) is 54.4 Å². The van der Waals surface area contributed by atoms with Gasteiger partial charge in [0.15, 0.2) is 0 Å². The first kappa shape index (κ1) is 24.2. The predicted octanol–water partition coefficient (Wildman–Crippen LogP) is 4.99. The Bertz CT molecular complexity index is 996. The summed E-state index contributed by atoms with van der Waals surface area (Å²) in [6, 6.07) is 9.66. The number of ether oxygens (including phenoxy) is 2. The van der Waals surface area contributed by atoms with Gasteiger partial charge in [0, 0.05) is 24.5 Å². The Balaban J connectivity index is 1.91. The summed E-state index contributed by atoms with van der Waals surface area (Å²) >= 11 is 0. The van der Waals surface area contributed by atoms with Gasteiger partial charge in [-0.05, 0) is 43.5 Å². The molecule has 2 aromatic rings. The number of hydrogen-bond donors (Lipinski definition) is 1. The minimum absolute atomic E-state index is 0.0273. The molecule has 3 amide bonds. The van der Waals surface area contributed by atoms with Gasteiger partial charge >= 0.3 is 18.7 Å². The van der Waals surface area contributed by atoms with Crippen molar-refractivity contribution < 1.29 is 27.8 Å². The van der Waals surface area contributed by atoms with Gasteiger partial charge in [-0.15, -0.1) is 0 Å². The van der Waals surface area contributed by atoms with Gasteiger partial charge in [-0.3, -0.25) is 4.90 Å². The van der Waals surface area contributed by atoms with Crippen LogP contribution in [0.2, 0.25) is 0 Å². The Morgan fingerprint density at radius 1 is 1.21 bits per heavy atom. The zero-order chi connectivity index (χ0) is 24.1. The van der Waals surface area contributed by atoms with Crippen LogP contribution in [0.4, 0.5) is 29.7 Å². The fraction of sp³-hybridized carbons (Fsp3) is 0.435. The Kier molecular flexibility index (Phi) is 7.67. The van der Waals surface area contributed by atoms with Gasteiger partial charge in [0.25, 0.3) is 0 Å². The number of aryl methyl sites for hydroxylation is 1. The number of amides is 3. The van der Waals surface area contributed by atoms with Crippen molar-refractivity contribution in [1.29, 1.82) is 0 Å². The first-order chi connectivity index (χ1) is 15.7. The van der Waals surface area contributed by atoms with Crippen LogP contribution in [0, 0.1) is 6.92 Å². The van der Waals surface area contributed by atoms with Crippen molar-refractivity contribution in [1.82, 2.24) is 9.88 Å². The maximum absolute atomic E-state index is 13.5. The number of para-hydroxylation sites is 1. The third-order valence-electron chi connectivity index (χ3n) is 5.23. The lowest BCUT2D eigenvalue weighted by molar-refractivity contribution is -0.0523. The van der Waals surface area contributed by atoms with Crippen molar-refractivity contribution in [3.63, 3.8) is 0 Å². The van der Waals surface area contributed by atoms with Crippen LogP contribution in [0.3, 0.4) is 0 Å². The monoisotopic (exact) mass is 462 g/mol. The molecule has 0 radical (unpaired) electrons. The third-order valence-corrected chi connectivity index (χ3v) is 5.23. The van der Waals surface area contributed by atoms with Gasteiger partial charge in [0.1, 0.15) is 5.69 Å². The highest BCUT2D eigenvalue weighted by Gasteiger charge is 2.39. The molecule has 1 N–H and O–H groups in total. The Morgan fingerprint density at radius 2 is 1.91 bits per heavy atom. The SMILES string of the molecule is CCOC(=O)N1CC(N(C(=O)Nc2ccc(C)nc2OC(F)F)c2ccccc2C(C)C)C1. The lowest BCUT2D eigenvalue weighted by Gasteiger charge is -2.45. The molecule has 33 heavy (non-hydrogen) atoms. The largest absolute Gasteiger partial charge is 0.450 e. The molecule has 1 saturated heterocycles. The number of rotatable bonds is 7. The number of halogens is 2. The van der Waals surface area contributed by atoms with Gasteiger partial charge < -0.3 is 19.7 Å². The van der Waals surface area contributed by atoms with Crippen LogP contribution in [0.5, 0.6) is 5.88 Å². The minimum Gasteiger partial charge on any atom is -0.450 e. The molecule has 1 aliphatic rings. The van der Waals surface area contributed by atoms with Crippen LogP contribution < -0.4 is 15.0 Å². The summed E-state index contributed by atoms with van der Waals surface area (Å²) < 4.78 is 35.3. The first-order valence-corrected chi connectivity index (χ1v) is 10.7. The molecule has 0 saturated carbocycles. The molecule has 178 valence electrons. The zero-order valence-corrected chi connectivity index (χ0v) is 19.0. The molecule has 0 unspecified atom stereocenters. The van der Waals surface area contributed by atoms with E-state index in [-0.39, 0.29) is 43.2 Å². The molecule has 2 heterocycles. The van der Waals surface area contributed by atoms with Gasteiger partial charge in [0.2, 0.25) is 5.88 Å². The van der Waals surface area contributed by atoms with Crippen molar-refractivity contribution >= 4 is 23.5 Å². The van der Waals surface area contributed by atoms with Gasteiger partial charge in [-0.25, -0.2) is 14.6 Å². The molecule has 0 bridgehead atoms. The number of urea groups is 1. The standard InChI is InChI=1S/C23H28F2N4O4/c1-5-32-23(31)28-12-16(13-28)29(19-9-7-6-8-17(19)14(2)3)22(30)27-18-11-10-15(4)26-20(18)33-21(24)25/h6-11,14,16,21H,5,12-13H2,1-4H3,(H,27,30). The van der Waals surface area contributed by atoms with Crippen molar-refractivity contribution in [3.05, 3.63) is 47.7 Å². The van der Waals surface area contributed by atoms with Crippen LogP contribution in [0.15, 0.2) is 36.4 Å². The number of aromatic nitrogens is 1. The van der Waals surface area contributed by atoms with E-state index in [1.165, 1.54) is 11.0 Å². The van der Waals surface area contributed by atoms with Gasteiger partial charge in [-0.1, -0.05) is 32.0 Å². The van der Waals surface area contributed by atoms with E-state index in [4.69, 9.17) is 4.74 Å². The number of nitrogens with zero attached hydrogens (tertiary/aromatic N) is 3. The van der Waals surface area contributed by atoms with E-state index in [0.29, 0.717) is 11.4 Å². The van der Waals surface area contributed by atoms with Crippen molar-refractivity contribution in [2.24, 2.45) is 0 Å². The molecular weight excluding hydrogens is 434 g/mol. The average molecular weight is 462 g/mol. The summed E-state index contributed by atoms with van der Waals surface area (Å²) in [5.74, 6) is -0.242. The van der Waals surface area contributed by atoms with Crippen LogP contribution >= 0.6 is 0 Å². The highest BCUT2D eigenvalue weighted by atomic mass is 19.3. The second-order valence-corrected chi connectivity index (χ2v) is 7.96. The predicted molar refractivity (Wildman–Crippen MR) is 120 cm³/mol. The molecule has 8 nitrogen and oxygen atoms in total. The lowest BCUT2D eigenvalue weighted by Crippen LogP contribution is -2.63. The molecule has 0 aliphatic carbocycles. The topological polar surface area (TPSA) is 84.0 Å². The fourth-order valence-electron chi connectivity index (χ4n) is 3.63. The first-order valence-electron chi connectivity index (χ1n) is 10.7. The lowest BCUT2D eigenvalue weighted by atomic mass is 9.98. The summed E-state index contributed by atoms with van der Waals surface area (Å²) in [7, 11) is 0. The number of pyridine rings is 1. The maximum Gasteiger partial charge on any atom is 0.409 e. The van der Waals surface area contributed by atoms with Crippen LogP contribution in [0.1, 0.15) is 37.9 Å². The quantitative estimate of drug-likeness (QED) is 0.627.